The minimum absolute atomic E-state index is 0.0743. The van der Waals surface area contributed by atoms with Crippen molar-refractivity contribution in [3.05, 3.63) is 29.2 Å². The summed E-state index contributed by atoms with van der Waals surface area (Å²) in [5.74, 6) is 2.63. The molecule has 4 heterocycles. The smallest absolute Gasteiger partial charge is 0.257 e. The monoisotopic (exact) mass is 427 g/mol. The van der Waals surface area contributed by atoms with Gasteiger partial charge in [-0.3, -0.25) is 9.48 Å². The van der Waals surface area contributed by atoms with Gasteiger partial charge in [0.2, 0.25) is 5.89 Å². The first-order valence-corrected chi connectivity index (χ1v) is 11.8. The van der Waals surface area contributed by atoms with E-state index in [-0.39, 0.29) is 17.2 Å². The Morgan fingerprint density at radius 2 is 2.06 bits per heavy atom. The fraction of sp³-hybridized carbons (Fsp3) is 0.739. The van der Waals surface area contributed by atoms with E-state index in [1.807, 2.05) is 23.4 Å². The molecule has 3 aliphatic rings. The van der Waals surface area contributed by atoms with Crippen LogP contribution in [-0.2, 0) is 16.7 Å². The van der Waals surface area contributed by atoms with E-state index in [0.717, 1.165) is 75.8 Å². The van der Waals surface area contributed by atoms with E-state index >= 15 is 0 Å². The molecular weight excluding hydrogens is 394 g/mol. The van der Waals surface area contributed by atoms with Crippen molar-refractivity contribution in [2.24, 2.45) is 5.92 Å². The highest BCUT2D eigenvalue weighted by Gasteiger charge is 2.46. The standard InChI is InChI=1S/C23H33N5O3/c1-3-28-16(2)19(14-24-28)21(29)27-10-4-9-23(15-27,13-17-5-6-17)22-25-20(31-26-22)18-7-11-30-12-8-18/h14,17-18H,3-13,15H2,1-2H3. The molecule has 1 unspecified atom stereocenters. The van der Waals surface area contributed by atoms with Gasteiger partial charge in [0.25, 0.3) is 5.91 Å². The van der Waals surface area contributed by atoms with Crippen molar-refractivity contribution in [1.82, 2.24) is 24.8 Å². The molecule has 1 saturated carbocycles. The average Bonchev–Trinajstić information content (AvgIpc) is 3.32. The first kappa shape index (κ1) is 20.7. The van der Waals surface area contributed by atoms with Gasteiger partial charge in [-0.05, 0) is 51.9 Å². The van der Waals surface area contributed by atoms with Crippen LogP contribution in [0, 0.1) is 12.8 Å². The topological polar surface area (TPSA) is 86.3 Å². The number of hydrogen-bond acceptors (Lipinski definition) is 6. The number of nitrogens with zero attached hydrogens (tertiary/aromatic N) is 5. The van der Waals surface area contributed by atoms with E-state index in [2.05, 4.69) is 10.3 Å². The number of ether oxygens (including phenoxy) is 1. The van der Waals surface area contributed by atoms with Crippen LogP contribution in [0.3, 0.4) is 0 Å². The molecule has 1 amide bonds. The van der Waals surface area contributed by atoms with Gasteiger partial charge in [-0.2, -0.15) is 10.1 Å². The first-order valence-electron chi connectivity index (χ1n) is 11.8. The minimum Gasteiger partial charge on any atom is -0.381 e. The number of carbonyl (C=O) groups excluding carboxylic acids is 1. The Morgan fingerprint density at radius 1 is 1.26 bits per heavy atom. The van der Waals surface area contributed by atoms with Gasteiger partial charge < -0.3 is 14.2 Å². The molecule has 168 valence electrons. The molecule has 1 atom stereocenters. The Morgan fingerprint density at radius 3 is 2.77 bits per heavy atom. The largest absolute Gasteiger partial charge is 0.381 e. The lowest BCUT2D eigenvalue weighted by Crippen LogP contribution is -2.49. The zero-order valence-electron chi connectivity index (χ0n) is 18.7. The average molecular weight is 428 g/mol. The van der Waals surface area contributed by atoms with E-state index in [0.29, 0.717) is 18.0 Å². The summed E-state index contributed by atoms with van der Waals surface area (Å²) in [6.07, 6.45) is 9.12. The third kappa shape index (κ3) is 4.02. The molecule has 2 aromatic rings. The number of amides is 1. The molecule has 8 heteroatoms. The summed E-state index contributed by atoms with van der Waals surface area (Å²) in [5.41, 5.74) is 1.43. The number of likely N-dealkylation sites (tertiary alicyclic amines) is 1. The Bertz CT molecular complexity index is 928. The van der Waals surface area contributed by atoms with Gasteiger partial charge in [0.15, 0.2) is 5.82 Å². The molecule has 2 aromatic heterocycles. The quantitative estimate of drug-likeness (QED) is 0.702. The SMILES string of the molecule is CCn1ncc(C(=O)N2CCCC(CC3CC3)(c3noc(C4CCOCC4)n3)C2)c1C. The van der Waals surface area contributed by atoms with Crippen LogP contribution in [0.5, 0.6) is 0 Å². The molecule has 0 bridgehead atoms. The van der Waals surface area contributed by atoms with Gasteiger partial charge in [-0.1, -0.05) is 18.0 Å². The maximum atomic E-state index is 13.4. The summed E-state index contributed by atoms with van der Waals surface area (Å²) in [4.78, 5) is 20.3. The second-order valence-electron chi connectivity index (χ2n) is 9.56. The number of hydrogen-bond donors (Lipinski definition) is 0. The Hall–Kier alpha value is -2.22. The Kier molecular flexibility index (Phi) is 5.58. The van der Waals surface area contributed by atoms with Crippen LogP contribution in [-0.4, -0.2) is 57.0 Å². The second-order valence-corrected chi connectivity index (χ2v) is 9.56. The zero-order chi connectivity index (χ0) is 21.4. The van der Waals surface area contributed by atoms with Gasteiger partial charge in [0.05, 0.1) is 17.2 Å². The van der Waals surface area contributed by atoms with Gasteiger partial charge in [-0.15, -0.1) is 0 Å². The Balaban J connectivity index is 1.40. The molecule has 8 nitrogen and oxygen atoms in total. The van der Waals surface area contributed by atoms with E-state index in [1.54, 1.807) is 6.20 Å². The highest BCUT2D eigenvalue weighted by molar-refractivity contribution is 5.95. The first-order chi connectivity index (χ1) is 15.1. The molecule has 0 aromatic carbocycles. The number of aryl methyl sites for hydroxylation is 1. The van der Waals surface area contributed by atoms with E-state index in [4.69, 9.17) is 14.2 Å². The number of piperidine rings is 1. The molecule has 3 fully saturated rings. The van der Waals surface area contributed by atoms with Crippen molar-refractivity contribution in [2.45, 2.75) is 76.7 Å². The van der Waals surface area contributed by atoms with Crippen molar-refractivity contribution < 1.29 is 14.1 Å². The fourth-order valence-corrected chi connectivity index (χ4v) is 5.33. The molecule has 0 radical (unpaired) electrons. The zero-order valence-corrected chi connectivity index (χ0v) is 18.7. The fourth-order valence-electron chi connectivity index (χ4n) is 5.33. The van der Waals surface area contributed by atoms with Gasteiger partial charge in [0, 0.05) is 44.5 Å². The second kappa shape index (κ2) is 8.37. The maximum Gasteiger partial charge on any atom is 0.257 e. The van der Waals surface area contributed by atoms with Crippen LogP contribution in [0.4, 0.5) is 0 Å². The molecule has 31 heavy (non-hydrogen) atoms. The molecule has 0 spiro atoms. The number of aromatic nitrogens is 4. The van der Waals surface area contributed by atoms with Crippen molar-refractivity contribution >= 4 is 5.91 Å². The van der Waals surface area contributed by atoms with E-state index in [9.17, 15) is 4.79 Å². The third-order valence-corrected chi connectivity index (χ3v) is 7.36. The van der Waals surface area contributed by atoms with Crippen molar-refractivity contribution in [3.8, 4) is 0 Å². The minimum atomic E-state index is -0.212. The lowest BCUT2D eigenvalue weighted by molar-refractivity contribution is 0.0606. The van der Waals surface area contributed by atoms with Crippen LogP contribution >= 0.6 is 0 Å². The summed E-state index contributed by atoms with van der Waals surface area (Å²) < 4.78 is 13.1. The highest BCUT2D eigenvalue weighted by Crippen LogP contribution is 2.46. The number of carbonyl (C=O) groups is 1. The summed E-state index contributed by atoms with van der Waals surface area (Å²) in [7, 11) is 0. The van der Waals surface area contributed by atoms with E-state index < -0.39 is 0 Å². The lowest BCUT2D eigenvalue weighted by Gasteiger charge is -2.41. The van der Waals surface area contributed by atoms with Crippen molar-refractivity contribution in [3.63, 3.8) is 0 Å². The highest BCUT2D eigenvalue weighted by atomic mass is 16.5. The molecule has 5 rings (SSSR count). The van der Waals surface area contributed by atoms with Gasteiger partial charge in [0.1, 0.15) is 0 Å². The van der Waals surface area contributed by atoms with Crippen LogP contribution in [0.1, 0.15) is 85.6 Å². The Labute approximate surface area is 183 Å². The third-order valence-electron chi connectivity index (χ3n) is 7.36. The predicted molar refractivity (Wildman–Crippen MR) is 114 cm³/mol. The van der Waals surface area contributed by atoms with Crippen molar-refractivity contribution in [1.29, 1.82) is 0 Å². The molecule has 1 aliphatic carbocycles. The molecule has 2 aliphatic heterocycles. The van der Waals surface area contributed by atoms with Crippen molar-refractivity contribution in [2.75, 3.05) is 26.3 Å². The van der Waals surface area contributed by atoms with Crippen LogP contribution < -0.4 is 0 Å². The lowest BCUT2D eigenvalue weighted by atomic mass is 9.74. The maximum absolute atomic E-state index is 13.4. The van der Waals surface area contributed by atoms with Crippen LogP contribution in [0.15, 0.2) is 10.7 Å². The van der Waals surface area contributed by atoms with Gasteiger partial charge in [-0.25, -0.2) is 0 Å². The predicted octanol–water partition coefficient (Wildman–Crippen LogP) is 3.46. The normalized spacial score (nSPS) is 25.2. The summed E-state index contributed by atoms with van der Waals surface area (Å²) in [6.45, 7) is 7.72. The molecular formula is C23H33N5O3. The molecule has 2 saturated heterocycles. The number of rotatable bonds is 6. The van der Waals surface area contributed by atoms with Gasteiger partial charge >= 0.3 is 0 Å². The summed E-state index contributed by atoms with van der Waals surface area (Å²) in [6, 6.07) is 0. The van der Waals surface area contributed by atoms with E-state index in [1.165, 1.54) is 12.8 Å². The van der Waals surface area contributed by atoms with Crippen LogP contribution in [0.25, 0.3) is 0 Å². The summed E-state index contributed by atoms with van der Waals surface area (Å²) in [5, 5.41) is 8.87. The summed E-state index contributed by atoms with van der Waals surface area (Å²) >= 11 is 0. The molecule has 0 N–H and O–H groups in total. The van der Waals surface area contributed by atoms with Crippen LogP contribution in [0.2, 0.25) is 0 Å².